The summed E-state index contributed by atoms with van der Waals surface area (Å²) in [5, 5.41) is 17.5. The zero-order chi connectivity index (χ0) is 15.4. The molecule has 21 heavy (non-hydrogen) atoms. The number of urea groups is 1. The zero-order valence-corrected chi connectivity index (χ0v) is 11.5. The summed E-state index contributed by atoms with van der Waals surface area (Å²) >= 11 is 0. The number of aromatic carboxylic acids is 1. The monoisotopic (exact) mass is 294 g/mol. The minimum absolute atomic E-state index is 0.0722. The molecule has 3 N–H and O–H groups in total. The van der Waals surface area contributed by atoms with Crippen molar-refractivity contribution >= 4 is 12.0 Å². The average molecular weight is 294 g/mol. The molecule has 0 aliphatic carbocycles. The van der Waals surface area contributed by atoms with Crippen LogP contribution in [0.5, 0.6) is 0 Å². The molecule has 0 aliphatic heterocycles. The van der Waals surface area contributed by atoms with Crippen LogP contribution in [0.3, 0.4) is 0 Å². The fourth-order valence-electron chi connectivity index (χ4n) is 1.64. The second-order valence-corrected chi connectivity index (χ2v) is 4.26. The molecule has 0 saturated carbocycles. The molecule has 112 valence electrons. The van der Waals surface area contributed by atoms with Gasteiger partial charge in [-0.15, -0.1) is 0 Å². The minimum Gasteiger partial charge on any atom is -0.478 e. The van der Waals surface area contributed by atoms with Crippen LogP contribution in [0.2, 0.25) is 0 Å². The molecule has 0 spiro atoms. The molecule has 0 fully saturated rings. The molecule has 0 atom stereocenters. The molecule has 2 heterocycles. The van der Waals surface area contributed by atoms with E-state index in [9.17, 15) is 9.59 Å². The molecular weight excluding hydrogens is 280 g/mol. The third kappa shape index (κ3) is 3.81. The second kappa shape index (κ2) is 6.07. The molecule has 0 aromatic carbocycles. The number of furan rings is 1. The summed E-state index contributed by atoms with van der Waals surface area (Å²) in [7, 11) is 0. The minimum atomic E-state index is -1.07. The van der Waals surface area contributed by atoms with E-state index in [0.29, 0.717) is 23.2 Å². The molecule has 0 unspecified atom stereocenters. The predicted octanol–water partition coefficient (Wildman–Crippen LogP) is 0.977. The molecular formula is C12H14N4O5. The van der Waals surface area contributed by atoms with Crippen molar-refractivity contribution in [3.8, 4) is 0 Å². The van der Waals surface area contributed by atoms with E-state index < -0.39 is 12.0 Å². The van der Waals surface area contributed by atoms with Gasteiger partial charge in [0.1, 0.15) is 17.1 Å². The number of carbonyl (C=O) groups is 2. The Morgan fingerprint density at radius 3 is 2.57 bits per heavy atom. The maximum atomic E-state index is 11.6. The van der Waals surface area contributed by atoms with E-state index in [4.69, 9.17) is 14.0 Å². The molecule has 2 rings (SSSR count). The molecule has 0 radical (unpaired) electrons. The van der Waals surface area contributed by atoms with Gasteiger partial charge in [0.25, 0.3) is 0 Å². The van der Waals surface area contributed by atoms with Gasteiger partial charge in [0.15, 0.2) is 5.82 Å². The number of hydrogen-bond acceptors (Lipinski definition) is 6. The lowest BCUT2D eigenvalue weighted by molar-refractivity contribution is 0.0695. The van der Waals surface area contributed by atoms with E-state index in [1.54, 1.807) is 13.8 Å². The average Bonchev–Trinajstić information content (AvgIpc) is 3.00. The van der Waals surface area contributed by atoms with Crippen LogP contribution < -0.4 is 10.6 Å². The summed E-state index contributed by atoms with van der Waals surface area (Å²) in [6.45, 7) is 3.39. The highest BCUT2D eigenvalue weighted by Crippen LogP contribution is 2.14. The molecule has 0 saturated heterocycles. The number of rotatable bonds is 5. The summed E-state index contributed by atoms with van der Waals surface area (Å²) in [5.41, 5.74) is 0.0774. The van der Waals surface area contributed by atoms with Crippen molar-refractivity contribution < 1.29 is 23.6 Å². The van der Waals surface area contributed by atoms with E-state index in [0.717, 1.165) is 0 Å². The van der Waals surface area contributed by atoms with Crippen LogP contribution in [0.25, 0.3) is 0 Å². The Kier molecular flexibility index (Phi) is 4.21. The number of nitrogens with zero attached hydrogens (tertiary/aromatic N) is 2. The lowest BCUT2D eigenvalue weighted by Gasteiger charge is -2.03. The Balaban J connectivity index is 1.81. The molecule has 0 bridgehead atoms. The van der Waals surface area contributed by atoms with E-state index in [1.807, 2.05) is 0 Å². The number of amides is 2. The van der Waals surface area contributed by atoms with Crippen LogP contribution in [0, 0.1) is 13.8 Å². The van der Waals surface area contributed by atoms with Crippen LogP contribution in [0.15, 0.2) is 15.0 Å². The van der Waals surface area contributed by atoms with Crippen LogP contribution in [-0.4, -0.2) is 27.2 Å². The molecule has 9 nitrogen and oxygen atoms in total. The van der Waals surface area contributed by atoms with Crippen molar-refractivity contribution in [2.45, 2.75) is 26.9 Å². The van der Waals surface area contributed by atoms with Gasteiger partial charge in [0.2, 0.25) is 5.89 Å². The Bertz CT molecular complexity index is 660. The maximum Gasteiger partial charge on any atom is 0.339 e. The van der Waals surface area contributed by atoms with Crippen LogP contribution >= 0.6 is 0 Å². The van der Waals surface area contributed by atoms with Gasteiger partial charge in [0.05, 0.1) is 13.1 Å². The van der Waals surface area contributed by atoms with Crippen molar-refractivity contribution in [3.63, 3.8) is 0 Å². The van der Waals surface area contributed by atoms with E-state index in [-0.39, 0.29) is 18.7 Å². The molecule has 2 aromatic heterocycles. The summed E-state index contributed by atoms with van der Waals surface area (Å²) in [5.74, 6) is 0.359. The van der Waals surface area contributed by atoms with Gasteiger partial charge >= 0.3 is 12.0 Å². The number of carbonyl (C=O) groups excluding carboxylic acids is 1. The highest BCUT2D eigenvalue weighted by molar-refractivity contribution is 5.88. The van der Waals surface area contributed by atoms with Gasteiger partial charge in [-0.25, -0.2) is 9.59 Å². The quantitative estimate of drug-likeness (QED) is 0.749. The lowest BCUT2D eigenvalue weighted by atomic mass is 10.2. The highest BCUT2D eigenvalue weighted by atomic mass is 16.5. The van der Waals surface area contributed by atoms with Gasteiger partial charge < -0.3 is 24.7 Å². The first-order valence-electron chi connectivity index (χ1n) is 6.09. The van der Waals surface area contributed by atoms with E-state index >= 15 is 0 Å². The third-order valence-electron chi connectivity index (χ3n) is 2.59. The smallest absolute Gasteiger partial charge is 0.339 e. The van der Waals surface area contributed by atoms with E-state index in [2.05, 4.69) is 20.8 Å². The number of carboxylic acids is 1. The number of aryl methyl sites for hydroxylation is 2. The SMILES string of the molecule is Cc1noc(CNC(=O)NCc2cc(C(=O)O)c(C)o2)n1. The largest absolute Gasteiger partial charge is 0.478 e. The number of hydrogen-bond donors (Lipinski definition) is 3. The van der Waals surface area contributed by atoms with Crippen LogP contribution in [0.4, 0.5) is 4.79 Å². The van der Waals surface area contributed by atoms with E-state index in [1.165, 1.54) is 6.07 Å². The normalized spacial score (nSPS) is 10.4. The zero-order valence-electron chi connectivity index (χ0n) is 11.5. The lowest BCUT2D eigenvalue weighted by Crippen LogP contribution is -2.34. The Hall–Kier alpha value is -2.84. The number of carboxylic acid groups (broad SMARTS) is 1. The number of nitrogens with one attached hydrogen (secondary N) is 2. The Labute approximate surface area is 119 Å². The maximum absolute atomic E-state index is 11.6. The summed E-state index contributed by atoms with van der Waals surface area (Å²) in [4.78, 5) is 26.3. The molecule has 2 amide bonds. The van der Waals surface area contributed by atoms with Gasteiger partial charge in [-0.1, -0.05) is 5.16 Å². The van der Waals surface area contributed by atoms with Gasteiger partial charge in [0, 0.05) is 0 Å². The van der Waals surface area contributed by atoms with Crippen molar-refractivity contribution in [3.05, 3.63) is 34.9 Å². The standard InChI is InChI=1S/C12H14N4O5/c1-6-9(11(17)18)3-8(20-6)4-13-12(19)14-5-10-15-7(2)16-21-10/h3H,4-5H2,1-2H3,(H,17,18)(H2,13,14,19). The summed E-state index contributed by atoms with van der Waals surface area (Å²) in [6, 6.07) is 0.913. The Morgan fingerprint density at radius 2 is 2.00 bits per heavy atom. The topological polar surface area (TPSA) is 130 Å². The molecule has 9 heteroatoms. The Morgan fingerprint density at radius 1 is 1.29 bits per heavy atom. The predicted molar refractivity (Wildman–Crippen MR) is 68.5 cm³/mol. The highest BCUT2D eigenvalue weighted by Gasteiger charge is 2.14. The fourth-order valence-corrected chi connectivity index (χ4v) is 1.64. The fraction of sp³-hybridized carbons (Fsp3) is 0.333. The first-order valence-corrected chi connectivity index (χ1v) is 6.09. The van der Waals surface area contributed by atoms with Crippen molar-refractivity contribution in [1.29, 1.82) is 0 Å². The first kappa shape index (κ1) is 14.6. The van der Waals surface area contributed by atoms with Gasteiger partial charge in [-0.3, -0.25) is 0 Å². The van der Waals surface area contributed by atoms with Crippen molar-refractivity contribution in [2.75, 3.05) is 0 Å². The summed E-state index contributed by atoms with van der Waals surface area (Å²) < 4.78 is 10.1. The van der Waals surface area contributed by atoms with Crippen molar-refractivity contribution in [2.24, 2.45) is 0 Å². The molecule has 2 aromatic rings. The molecule has 0 aliphatic rings. The third-order valence-corrected chi connectivity index (χ3v) is 2.59. The van der Waals surface area contributed by atoms with Crippen LogP contribution in [-0.2, 0) is 13.1 Å². The number of aromatic nitrogens is 2. The van der Waals surface area contributed by atoms with Gasteiger partial charge in [-0.2, -0.15) is 4.98 Å². The van der Waals surface area contributed by atoms with Crippen molar-refractivity contribution in [1.82, 2.24) is 20.8 Å². The summed E-state index contributed by atoms with van der Waals surface area (Å²) in [6.07, 6.45) is 0. The van der Waals surface area contributed by atoms with Gasteiger partial charge in [-0.05, 0) is 19.9 Å². The first-order chi connectivity index (χ1) is 9.95. The second-order valence-electron chi connectivity index (χ2n) is 4.26. The van der Waals surface area contributed by atoms with Crippen LogP contribution in [0.1, 0.15) is 33.6 Å².